The van der Waals surface area contributed by atoms with E-state index in [2.05, 4.69) is 10.6 Å². The molecule has 2 fully saturated rings. The van der Waals surface area contributed by atoms with Gasteiger partial charge in [-0.15, -0.1) is 11.8 Å². The number of rotatable bonds is 5. The van der Waals surface area contributed by atoms with Gasteiger partial charge in [0.25, 0.3) is 11.6 Å². The summed E-state index contributed by atoms with van der Waals surface area (Å²) in [5.41, 5.74) is 0.848. The Bertz CT molecular complexity index is 808. The molecule has 2 heterocycles. The van der Waals surface area contributed by atoms with Crippen LogP contribution in [0.1, 0.15) is 49.0 Å². The fraction of sp³-hybridized carbons (Fsp3) is 0.600. The van der Waals surface area contributed by atoms with Crippen molar-refractivity contribution in [2.45, 2.75) is 57.0 Å². The van der Waals surface area contributed by atoms with Crippen molar-refractivity contribution in [3.63, 3.8) is 0 Å². The van der Waals surface area contributed by atoms with E-state index in [0.717, 1.165) is 25.0 Å². The van der Waals surface area contributed by atoms with Crippen molar-refractivity contribution < 1.29 is 14.5 Å². The number of nitro benzene ring substituents is 1. The molecule has 2 aliphatic rings. The maximum atomic E-state index is 12.8. The van der Waals surface area contributed by atoms with E-state index in [1.165, 1.54) is 6.07 Å². The van der Waals surface area contributed by atoms with Crippen molar-refractivity contribution in [1.29, 1.82) is 0 Å². The topological polar surface area (TPSA) is 105 Å². The number of carbonyl (C=O) groups excluding carboxylic acids is 2. The largest absolute Gasteiger partial charge is 0.352 e. The summed E-state index contributed by atoms with van der Waals surface area (Å²) < 4.78 is 0. The summed E-state index contributed by atoms with van der Waals surface area (Å²) in [6, 6.07) is 4.57. The molecule has 9 heteroatoms. The highest BCUT2D eigenvalue weighted by atomic mass is 32.2. The quantitative estimate of drug-likeness (QED) is 0.560. The lowest BCUT2D eigenvalue weighted by Crippen LogP contribution is -2.55. The molecule has 2 saturated heterocycles. The highest BCUT2D eigenvalue weighted by molar-refractivity contribution is 8.01. The standard InChI is InChI=1S/C20H28N4O4S/c1-4-14(3)21-18(25)16-12-29-20(22-16)7-9-23(10-8-20)19(26)15-6-5-13(2)17(11-15)24(27)28/h5-6,11,14,16,22H,4,7-10,12H2,1-3H3,(H,21,25)/t14-,16-/m0/s1. The minimum absolute atomic E-state index is 0.0347. The van der Waals surface area contributed by atoms with Crippen LogP contribution in [0.3, 0.4) is 0 Å². The number of likely N-dealkylation sites (tertiary alicyclic amines) is 1. The molecular formula is C20H28N4O4S. The van der Waals surface area contributed by atoms with Crippen LogP contribution < -0.4 is 10.6 Å². The third-order valence-electron chi connectivity index (χ3n) is 5.79. The fourth-order valence-electron chi connectivity index (χ4n) is 3.71. The molecule has 2 amide bonds. The monoisotopic (exact) mass is 420 g/mol. The Morgan fingerprint density at radius 2 is 2.10 bits per heavy atom. The van der Waals surface area contributed by atoms with Crippen LogP contribution in [0.25, 0.3) is 0 Å². The molecule has 29 heavy (non-hydrogen) atoms. The van der Waals surface area contributed by atoms with E-state index in [1.807, 2.05) is 13.8 Å². The van der Waals surface area contributed by atoms with Crippen LogP contribution in [-0.2, 0) is 4.79 Å². The van der Waals surface area contributed by atoms with Gasteiger partial charge in [0, 0.05) is 42.1 Å². The number of thioether (sulfide) groups is 1. The lowest BCUT2D eigenvalue weighted by Gasteiger charge is -2.39. The first-order valence-electron chi connectivity index (χ1n) is 10.0. The summed E-state index contributed by atoms with van der Waals surface area (Å²) in [5, 5.41) is 17.7. The molecule has 1 aromatic rings. The predicted molar refractivity (Wildman–Crippen MR) is 113 cm³/mol. The lowest BCUT2D eigenvalue weighted by molar-refractivity contribution is -0.385. The van der Waals surface area contributed by atoms with E-state index in [0.29, 0.717) is 24.2 Å². The number of carbonyl (C=O) groups is 2. The number of amides is 2. The Morgan fingerprint density at radius 1 is 1.41 bits per heavy atom. The molecule has 0 aliphatic carbocycles. The van der Waals surface area contributed by atoms with Gasteiger partial charge in [-0.25, -0.2) is 0 Å². The van der Waals surface area contributed by atoms with E-state index in [-0.39, 0.29) is 34.5 Å². The lowest BCUT2D eigenvalue weighted by atomic mass is 10.0. The maximum Gasteiger partial charge on any atom is 0.273 e. The molecule has 3 rings (SSSR count). The van der Waals surface area contributed by atoms with Crippen molar-refractivity contribution in [1.82, 2.24) is 15.5 Å². The van der Waals surface area contributed by atoms with Gasteiger partial charge in [-0.3, -0.25) is 25.0 Å². The first-order chi connectivity index (χ1) is 13.7. The minimum Gasteiger partial charge on any atom is -0.352 e. The van der Waals surface area contributed by atoms with Crippen LogP contribution in [0.2, 0.25) is 0 Å². The number of hydrogen-bond acceptors (Lipinski definition) is 6. The van der Waals surface area contributed by atoms with Gasteiger partial charge >= 0.3 is 0 Å². The maximum absolute atomic E-state index is 12.8. The van der Waals surface area contributed by atoms with Crippen molar-refractivity contribution >= 4 is 29.3 Å². The molecule has 1 spiro atoms. The average Bonchev–Trinajstić information content (AvgIpc) is 3.12. The number of piperidine rings is 1. The van der Waals surface area contributed by atoms with Crippen LogP contribution in [0.15, 0.2) is 18.2 Å². The van der Waals surface area contributed by atoms with Crippen molar-refractivity contribution in [2.75, 3.05) is 18.8 Å². The first kappa shape index (κ1) is 21.6. The van der Waals surface area contributed by atoms with E-state index in [4.69, 9.17) is 0 Å². The molecule has 158 valence electrons. The Labute approximate surface area is 174 Å². The smallest absolute Gasteiger partial charge is 0.273 e. The number of aryl methyl sites for hydroxylation is 1. The molecule has 0 aromatic heterocycles. The summed E-state index contributed by atoms with van der Waals surface area (Å²) >= 11 is 1.76. The van der Waals surface area contributed by atoms with Crippen LogP contribution in [0.5, 0.6) is 0 Å². The van der Waals surface area contributed by atoms with Gasteiger partial charge in [0.2, 0.25) is 5.91 Å². The zero-order valence-electron chi connectivity index (χ0n) is 17.1. The molecule has 0 unspecified atom stereocenters. The molecule has 1 aromatic carbocycles. The highest BCUT2D eigenvalue weighted by Gasteiger charge is 2.44. The van der Waals surface area contributed by atoms with Gasteiger partial charge in [0.15, 0.2) is 0 Å². The second-order valence-electron chi connectivity index (χ2n) is 7.87. The van der Waals surface area contributed by atoms with Crippen LogP contribution >= 0.6 is 11.8 Å². The normalized spacial score (nSPS) is 21.8. The van der Waals surface area contributed by atoms with Crippen molar-refractivity contribution in [3.8, 4) is 0 Å². The third kappa shape index (κ3) is 4.72. The number of nitro groups is 1. The van der Waals surface area contributed by atoms with Gasteiger partial charge < -0.3 is 10.2 Å². The van der Waals surface area contributed by atoms with E-state index < -0.39 is 4.92 Å². The second-order valence-corrected chi connectivity index (χ2v) is 9.27. The number of hydrogen-bond donors (Lipinski definition) is 2. The summed E-state index contributed by atoms with van der Waals surface area (Å²) in [6.45, 7) is 6.81. The van der Waals surface area contributed by atoms with Gasteiger partial charge in [0.05, 0.1) is 15.8 Å². The van der Waals surface area contributed by atoms with Gasteiger partial charge in [-0.2, -0.15) is 0 Å². The number of nitrogens with one attached hydrogen (secondary N) is 2. The van der Waals surface area contributed by atoms with E-state index >= 15 is 0 Å². The Kier molecular flexibility index (Phi) is 6.48. The zero-order valence-corrected chi connectivity index (χ0v) is 17.9. The molecule has 2 aliphatic heterocycles. The molecule has 2 N–H and O–H groups in total. The molecule has 2 atom stereocenters. The zero-order chi connectivity index (χ0) is 21.2. The molecule has 8 nitrogen and oxygen atoms in total. The SMILES string of the molecule is CC[C@H](C)NC(=O)[C@@H]1CSC2(CCN(C(=O)c3ccc(C)c([N+](=O)[O-])c3)CC2)N1. The average molecular weight is 421 g/mol. The first-order valence-corrected chi connectivity index (χ1v) is 11.0. The Hall–Kier alpha value is -2.13. The third-order valence-corrected chi connectivity index (χ3v) is 7.37. The highest BCUT2D eigenvalue weighted by Crippen LogP contribution is 2.39. The number of benzene rings is 1. The molecule has 0 bridgehead atoms. The molecular weight excluding hydrogens is 392 g/mol. The van der Waals surface area contributed by atoms with Crippen molar-refractivity contribution in [2.24, 2.45) is 0 Å². The van der Waals surface area contributed by atoms with Crippen LogP contribution in [-0.4, -0.2) is 57.4 Å². The van der Waals surface area contributed by atoms with Crippen molar-refractivity contribution in [3.05, 3.63) is 39.4 Å². The van der Waals surface area contributed by atoms with E-state index in [9.17, 15) is 19.7 Å². The summed E-state index contributed by atoms with van der Waals surface area (Å²) in [5.74, 6) is 0.576. The predicted octanol–water partition coefficient (Wildman–Crippen LogP) is 2.46. The summed E-state index contributed by atoms with van der Waals surface area (Å²) in [7, 11) is 0. The molecule has 0 saturated carbocycles. The summed E-state index contributed by atoms with van der Waals surface area (Å²) in [4.78, 5) is 37.5. The van der Waals surface area contributed by atoms with Crippen LogP contribution in [0.4, 0.5) is 5.69 Å². The molecule has 0 radical (unpaired) electrons. The number of nitrogens with zero attached hydrogens (tertiary/aromatic N) is 2. The fourth-order valence-corrected chi connectivity index (χ4v) is 5.13. The minimum atomic E-state index is -0.457. The Balaban J connectivity index is 1.59. The van der Waals surface area contributed by atoms with Crippen LogP contribution in [0, 0.1) is 17.0 Å². The van der Waals surface area contributed by atoms with Gasteiger partial charge in [-0.1, -0.05) is 13.0 Å². The van der Waals surface area contributed by atoms with E-state index in [1.54, 1.807) is 35.7 Å². The summed E-state index contributed by atoms with van der Waals surface area (Å²) in [6.07, 6.45) is 2.37. The van der Waals surface area contributed by atoms with Gasteiger partial charge in [-0.05, 0) is 39.2 Å². The Morgan fingerprint density at radius 3 is 2.72 bits per heavy atom. The second kappa shape index (κ2) is 8.71. The van der Waals surface area contributed by atoms with Gasteiger partial charge in [0.1, 0.15) is 0 Å².